The summed E-state index contributed by atoms with van der Waals surface area (Å²) >= 11 is 1.11. The van der Waals surface area contributed by atoms with Gasteiger partial charge >= 0.3 is 6.03 Å². The number of aromatic nitrogens is 3. The number of carbonyl (C=O) groups excluding carboxylic acids is 2. The molecule has 1 aromatic carbocycles. The number of carbonyl (C=O) groups is 2. The van der Waals surface area contributed by atoms with Gasteiger partial charge in [-0.2, -0.15) is 0 Å². The van der Waals surface area contributed by atoms with E-state index >= 15 is 0 Å². The molecule has 0 unspecified atom stereocenters. The number of urea groups is 1. The minimum atomic E-state index is -0.906. The second-order valence-electron chi connectivity index (χ2n) is 5.49. The Morgan fingerprint density at radius 1 is 1.33 bits per heavy atom. The molecule has 1 heterocycles. The first-order chi connectivity index (χ1) is 11.4. The summed E-state index contributed by atoms with van der Waals surface area (Å²) in [5, 5.41) is 10.6. The van der Waals surface area contributed by atoms with Crippen LogP contribution in [0.15, 0.2) is 29.4 Å². The van der Waals surface area contributed by atoms with Crippen molar-refractivity contribution in [2.45, 2.75) is 25.5 Å². The van der Waals surface area contributed by atoms with Crippen LogP contribution in [0, 0.1) is 11.7 Å². The first-order valence-corrected chi connectivity index (χ1v) is 8.27. The van der Waals surface area contributed by atoms with Gasteiger partial charge in [0.2, 0.25) is 5.91 Å². The predicted molar refractivity (Wildman–Crippen MR) is 88.7 cm³/mol. The maximum absolute atomic E-state index is 14.1. The Morgan fingerprint density at radius 2 is 2.04 bits per heavy atom. The number of nitrogens with two attached hydrogens (primary N) is 1. The Balaban J connectivity index is 2.27. The summed E-state index contributed by atoms with van der Waals surface area (Å²) in [6.45, 7) is 4.59. The Morgan fingerprint density at radius 3 is 2.67 bits per heavy atom. The van der Waals surface area contributed by atoms with Crippen molar-refractivity contribution >= 4 is 23.7 Å². The average molecular weight is 351 g/mol. The summed E-state index contributed by atoms with van der Waals surface area (Å²) in [6.07, 6.45) is 0. The van der Waals surface area contributed by atoms with Crippen LogP contribution in [0.2, 0.25) is 0 Å². The van der Waals surface area contributed by atoms with E-state index in [1.54, 1.807) is 22.8 Å². The smallest absolute Gasteiger partial charge is 0.318 e. The summed E-state index contributed by atoms with van der Waals surface area (Å²) in [4.78, 5) is 22.2. The summed E-state index contributed by atoms with van der Waals surface area (Å²) in [7, 11) is 0. The van der Waals surface area contributed by atoms with Crippen molar-refractivity contribution < 1.29 is 14.0 Å². The Hall–Kier alpha value is -2.42. The molecule has 7 nitrogen and oxygen atoms in total. The molecular formula is C15H18FN5O2S. The lowest BCUT2D eigenvalue weighted by molar-refractivity contribution is -0.117. The highest BCUT2D eigenvalue weighted by molar-refractivity contribution is 7.99. The van der Waals surface area contributed by atoms with Crippen LogP contribution in [0.5, 0.6) is 0 Å². The first kappa shape index (κ1) is 17.9. The number of benzene rings is 1. The molecule has 0 fully saturated rings. The average Bonchev–Trinajstić information content (AvgIpc) is 2.87. The van der Waals surface area contributed by atoms with Crippen molar-refractivity contribution in [2.24, 2.45) is 11.7 Å². The van der Waals surface area contributed by atoms with Crippen LogP contribution in [0.4, 0.5) is 9.18 Å². The number of thioether (sulfide) groups is 1. The molecule has 0 aliphatic heterocycles. The molecule has 3 N–H and O–H groups in total. The molecule has 1 aromatic heterocycles. The van der Waals surface area contributed by atoms with Crippen LogP contribution in [0.3, 0.4) is 0 Å². The zero-order valence-corrected chi connectivity index (χ0v) is 14.1. The third-order valence-electron chi connectivity index (χ3n) is 2.97. The lowest BCUT2D eigenvalue weighted by Crippen LogP contribution is -2.36. The third-order valence-corrected chi connectivity index (χ3v) is 3.94. The Labute approximate surface area is 142 Å². The van der Waals surface area contributed by atoms with Gasteiger partial charge in [-0.15, -0.1) is 10.2 Å². The number of nitrogens with zero attached hydrogens (tertiary/aromatic N) is 3. The maximum atomic E-state index is 14.1. The van der Waals surface area contributed by atoms with Gasteiger partial charge < -0.3 is 10.3 Å². The molecule has 0 saturated heterocycles. The number of hydrogen-bond donors (Lipinski definition) is 2. The van der Waals surface area contributed by atoms with Gasteiger partial charge in [0.25, 0.3) is 0 Å². The van der Waals surface area contributed by atoms with Crippen LogP contribution < -0.4 is 11.1 Å². The second kappa shape index (κ2) is 7.91. The highest BCUT2D eigenvalue weighted by atomic mass is 32.2. The monoisotopic (exact) mass is 351 g/mol. The van der Waals surface area contributed by atoms with E-state index in [4.69, 9.17) is 5.73 Å². The summed E-state index contributed by atoms with van der Waals surface area (Å²) in [6, 6.07) is 5.41. The van der Waals surface area contributed by atoms with Crippen LogP contribution in [0.25, 0.3) is 11.4 Å². The van der Waals surface area contributed by atoms with Crippen LogP contribution in [-0.2, 0) is 11.3 Å². The van der Waals surface area contributed by atoms with E-state index in [0.29, 0.717) is 23.1 Å². The zero-order chi connectivity index (χ0) is 17.7. The highest BCUT2D eigenvalue weighted by Gasteiger charge is 2.18. The lowest BCUT2D eigenvalue weighted by atomic mass is 10.2. The van der Waals surface area contributed by atoms with Gasteiger partial charge in [0.15, 0.2) is 11.0 Å². The molecular weight excluding hydrogens is 333 g/mol. The Bertz CT molecular complexity index is 747. The van der Waals surface area contributed by atoms with Gasteiger partial charge in [-0.25, -0.2) is 9.18 Å². The number of halogens is 1. The molecule has 9 heteroatoms. The molecule has 0 spiro atoms. The number of rotatable bonds is 6. The largest absolute Gasteiger partial charge is 0.351 e. The molecule has 0 aliphatic rings. The summed E-state index contributed by atoms with van der Waals surface area (Å²) < 4.78 is 15.8. The minimum Gasteiger partial charge on any atom is -0.351 e. The highest BCUT2D eigenvalue weighted by Crippen LogP contribution is 2.26. The predicted octanol–water partition coefficient (Wildman–Crippen LogP) is 2.03. The third kappa shape index (κ3) is 4.54. The van der Waals surface area contributed by atoms with Gasteiger partial charge in [0.1, 0.15) is 5.82 Å². The van der Waals surface area contributed by atoms with Gasteiger partial charge in [-0.05, 0) is 18.1 Å². The van der Waals surface area contributed by atoms with Crippen molar-refractivity contribution in [1.29, 1.82) is 0 Å². The van der Waals surface area contributed by atoms with Gasteiger partial charge in [0.05, 0.1) is 11.3 Å². The zero-order valence-electron chi connectivity index (χ0n) is 13.3. The molecule has 2 rings (SSSR count). The number of hydrogen-bond acceptors (Lipinski definition) is 5. The van der Waals surface area contributed by atoms with Crippen LogP contribution >= 0.6 is 11.8 Å². The van der Waals surface area contributed by atoms with Crippen LogP contribution in [-0.4, -0.2) is 32.5 Å². The van der Waals surface area contributed by atoms with Crippen molar-refractivity contribution in [2.75, 3.05) is 5.75 Å². The molecule has 0 saturated carbocycles. The number of imide groups is 1. The number of nitrogens with one attached hydrogen (secondary N) is 1. The topological polar surface area (TPSA) is 103 Å². The van der Waals surface area contributed by atoms with Crippen LogP contribution in [0.1, 0.15) is 13.8 Å². The van der Waals surface area contributed by atoms with Crippen molar-refractivity contribution in [1.82, 2.24) is 20.1 Å². The van der Waals surface area contributed by atoms with E-state index < -0.39 is 17.8 Å². The minimum absolute atomic E-state index is 0.0452. The molecule has 0 bridgehead atoms. The fourth-order valence-electron chi connectivity index (χ4n) is 2.07. The van der Waals surface area contributed by atoms with E-state index in [2.05, 4.69) is 10.2 Å². The molecule has 128 valence electrons. The molecule has 0 atom stereocenters. The lowest BCUT2D eigenvalue weighted by Gasteiger charge is -2.12. The quantitative estimate of drug-likeness (QED) is 0.775. The second-order valence-corrected chi connectivity index (χ2v) is 6.43. The van der Waals surface area contributed by atoms with Crippen molar-refractivity contribution in [3.63, 3.8) is 0 Å². The number of primary amides is 1. The Kier molecular flexibility index (Phi) is 5.91. The summed E-state index contributed by atoms with van der Waals surface area (Å²) in [5.74, 6) is -0.293. The normalized spacial score (nSPS) is 10.8. The fraction of sp³-hybridized carbons (Fsp3) is 0.333. The molecule has 24 heavy (non-hydrogen) atoms. The van der Waals surface area contributed by atoms with Gasteiger partial charge in [-0.1, -0.05) is 37.7 Å². The van der Waals surface area contributed by atoms with E-state index in [0.717, 1.165) is 11.8 Å². The van der Waals surface area contributed by atoms with E-state index in [-0.39, 0.29) is 11.7 Å². The maximum Gasteiger partial charge on any atom is 0.318 e. The van der Waals surface area contributed by atoms with E-state index in [1.807, 2.05) is 19.2 Å². The first-order valence-electron chi connectivity index (χ1n) is 7.28. The van der Waals surface area contributed by atoms with E-state index in [1.165, 1.54) is 6.07 Å². The number of amides is 3. The van der Waals surface area contributed by atoms with Gasteiger partial charge in [-0.3, -0.25) is 10.1 Å². The van der Waals surface area contributed by atoms with E-state index in [9.17, 15) is 14.0 Å². The fourth-order valence-corrected chi connectivity index (χ4v) is 2.82. The molecule has 3 amide bonds. The summed E-state index contributed by atoms with van der Waals surface area (Å²) in [5.41, 5.74) is 5.25. The molecule has 0 aliphatic carbocycles. The molecule has 0 radical (unpaired) electrons. The van der Waals surface area contributed by atoms with Crippen molar-refractivity contribution in [3.05, 3.63) is 30.1 Å². The standard InChI is InChI=1S/C15H18FN5O2S/c1-9(2)7-21-13(10-5-3-4-6-11(10)16)19-20-15(21)24-8-12(22)18-14(17)23/h3-6,9H,7-8H2,1-2H3,(H3,17,18,22,23). The van der Waals surface area contributed by atoms with Gasteiger partial charge in [0, 0.05) is 6.54 Å². The SMILES string of the molecule is CC(C)Cn1c(SCC(=O)NC(N)=O)nnc1-c1ccccc1F. The van der Waals surface area contributed by atoms with Crippen molar-refractivity contribution in [3.8, 4) is 11.4 Å². The molecule has 2 aromatic rings.